The van der Waals surface area contributed by atoms with Crippen LogP contribution in [0.3, 0.4) is 0 Å². The largest absolute Gasteiger partial charge is 0.444 e. The van der Waals surface area contributed by atoms with Crippen LogP contribution in [0.25, 0.3) is 10.8 Å². The molecule has 7 heteroatoms. The van der Waals surface area contributed by atoms with Crippen LogP contribution in [-0.4, -0.2) is 19.7 Å². The smallest absolute Gasteiger partial charge is 0.236 e. The first-order chi connectivity index (χ1) is 10.8. The van der Waals surface area contributed by atoms with Crippen molar-refractivity contribution < 1.29 is 4.42 Å². The lowest BCUT2D eigenvalue weighted by Gasteiger charge is -2.05. The van der Waals surface area contributed by atoms with Crippen molar-refractivity contribution in [3.05, 3.63) is 35.3 Å². The Morgan fingerprint density at radius 2 is 2.32 bits per heavy atom. The summed E-state index contributed by atoms with van der Waals surface area (Å²) in [6.07, 6.45) is 4.23. The lowest BCUT2D eigenvalue weighted by molar-refractivity contribution is 0.575. The summed E-state index contributed by atoms with van der Waals surface area (Å²) in [6.45, 7) is 3.06. The van der Waals surface area contributed by atoms with Gasteiger partial charge in [0.25, 0.3) is 0 Å². The first-order valence-electron chi connectivity index (χ1n) is 7.39. The molecule has 1 aliphatic rings. The lowest BCUT2D eigenvalue weighted by atomic mass is 10.4. The van der Waals surface area contributed by atoms with Crippen LogP contribution >= 0.6 is 23.1 Å². The molecule has 0 radical (unpaired) electrons. The fourth-order valence-corrected chi connectivity index (χ4v) is 3.91. The molecule has 0 saturated heterocycles. The fraction of sp³-hybridized carbons (Fsp3) is 0.400. The highest BCUT2D eigenvalue weighted by Crippen LogP contribution is 2.40. The maximum atomic E-state index is 5.55. The molecule has 0 aliphatic heterocycles. The van der Waals surface area contributed by atoms with Gasteiger partial charge < -0.3 is 8.98 Å². The Morgan fingerprint density at radius 3 is 3.05 bits per heavy atom. The van der Waals surface area contributed by atoms with E-state index < -0.39 is 0 Å². The molecule has 0 atom stereocenters. The van der Waals surface area contributed by atoms with Crippen LogP contribution in [-0.2, 0) is 12.3 Å². The Labute approximate surface area is 136 Å². The maximum Gasteiger partial charge on any atom is 0.236 e. The fourth-order valence-electron chi connectivity index (χ4n) is 2.37. The molecule has 3 heterocycles. The molecule has 0 spiro atoms. The van der Waals surface area contributed by atoms with E-state index in [1.54, 1.807) is 29.4 Å². The number of hydrogen-bond acceptors (Lipinski definition) is 6. The van der Waals surface area contributed by atoms with Crippen LogP contribution in [0.1, 0.15) is 37.2 Å². The molecule has 0 aromatic carbocycles. The highest BCUT2D eigenvalue weighted by molar-refractivity contribution is 7.98. The van der Waals surface area contributed by atoms with Gasteiger partial charge in [0.05, 0.1) is 10.6 Å². The summed E-state index contributed by atoms with van der Waals surface area (Å²) in [5, 5.41) is 11.7. The van der Waals surface area contributed by atoms with E-state index in [1.165, 1.54) is 12.8 Å². The lowest BCUT2D eigenvalue weighted by Crippen LogP contribution is -2.02. The molecule has 1 fully saturated rings. The van der Waals surface area contributed by atoms with Gasteiger partial charge in [-0.15, -0.1) is 21.5 Å². The standard InChI is InChI=1S/C15H16N4OS2/c1-2-19-13(10-5-6-10)17-18-15(19)22-9-11-8-20-14(16-11)12-4-3-7-21-12/h3-4,7-8,10H,2,5-6,9H2,1H3. The SMILES string of the molecule is CCn1c(SCc2coc(-c3cccs3)n2)nnc1C1CC1. The average molecular weight is 332 g/mol. The number of nitrogens with zero attached hydrogens (tertiary/aromatic N) is 4. The first kappa shape index (κ1) is 14.0. The van der Waals surface area contributed by atoms with E-state index in [4.69, 9.17) is 4.42 Å². The number of thiophene rings is 1. The van der Waals surface area contributed by atoms with E-state index >= 15 is 0 Å². The van der Waals surface area contributed by atoms with Crippen molar-refractivity contribution in [1.82, 2.24) is 19.7 Å². The summed E-state index contributed by atoms with van der Waals surface area (Å²) in [7, 11) is 0. The van der Waals surface area contributed by atoms with E-state index in [-0.39, 0.29) is 0 Å². The molecule has 0 bridgehead atoms. The number of hydrogen-bond donors (Lipinski definition) is 0. The highest BCUT2D eigenvalue weighted by Gasteiger charge is 2.29. The van der Waals surface area contributed by atoms with Crippen LogP contribution < -0.4 is 0 Å². The number of rotatable bonds is 6. The molecule has 3 aromatic heterocycles. The highest BCUT2D eigenvalue weighted by atomic mass is 32.2. The van der Waals surface area contributed by atoms with Gasteiger partial charge in [-0.05, 0) is 31.2 Å². The number of oxazole rings is 1. The topological polar surface area (TPSA) is 56.7 Å². The molecule has 0 N–H and O–H groups in total. The Kier molecular flexibility index (Phi) is 3.75. The van der Waals surface area contributed by atoms with Gasteiger partial charge in [-0.2, -0.15) is 0 Å². The molecular weight excluding hydrogens is 316 g/mol. The van der Waals surface area contributed by atoms with E-state index in [9.17, 15) is 0 Å². The van der Waals surface area contributed by atoms with E-state index in [0.29, 0.717) is 11.8 Å². The minimum Gasteiger partial charge on any atom is -0.444 e. The monoisotopic (exact) mass is 332 g/mol. The van der Waals surface area contributed by atoms with Crippen LogP contribution in [0.4, 0.5) is 0 Å². The summed E-state index contributed by atoms with van der Waals surface area (Å²) in [5.74, 6) is 3.21. The zero-order chi connectivity index (χ0) is 14.9. The van der Waals surface area contributed by atoms with Crippen molar-refractivity contribution in [2.45, 2.75) is 43.1 Å². The molecular formula is C15H16N4OS2. The number of aromatic nitrogens is 4. The van der Waals surface area contributed by atoms with Gasteiger partial charge in [-0.1, -0.05) is 17.8 Å². The molecule has 0 amide bonds. The molecule has 114 valence electrons. The molecule has 22 heavy (non-hydrogen) atoms. The molecule has 1 saturated carbocycles. The van der Waals surface area contributed by atoms with Crippen molar-refractivity contribution >= 4 is 23.1 Å². The summed E-state index contributed by atoms with van der Waals surface area (Å²) >= 11 is 3.31. The molecule has 4 rings (SSSR count). The van der Waals surface area contributed by atoms with Crippen LogP contribution in [0.15, 0.2) is 33.3 Å². The Morgan fingerprint density at radius 1 is 1.41 bits per heavy atom. The van der Waals surface area contributed by atoms with Crippen molar-refractivity contribution in [2.24, 2.45) is 0 Å². The van der Waals surface area contributed by atoms with Gasteiger partial charge in [0, 0.05) is 18.2 Å². The van der Waals surface area contributed by atoms with Gasteiger partial charge >= 0.3 is 0 Å². The third kappa shape index (κ3) is 2.70. The quantitative estimate of drug-likeness (QED) is 0.634. The predicted octanol–water partition coefficient (Wildman–Crippen LogP) is 4.18. The van der Waals surface area contributed by atoms with Crippen molar-refractivity contribution in [2.75, 3.05) is 0 Å². The Hall–Kier alpha value is -1.60. The predicted molar refractivity (Wildman–Crippen MR) is 87.0 cm³/mol. The van der Waals surface area contributed by atoms with Crippen molar-refractivity contribution in [1.29, 1.82) is 0 Å². The summed E-state index contributed by atoms with van der Waals surface area (Å²) in [4.78, 5) is 5.60. The summed E-state index contributed by atoms with van der Waals surface area (Å²) in [5.41, 5.74) is 0.937. The van der Waals surface area contributed by atoms with Gasteiger partial charge in [0.1, 0.15) is 12.1 Å². The first-order valence-corrected chi connectivity index (χ1v) is 9.26. The van der Waals surface area contributed by atoms with Crippen molar-refractivity contribution in [3.8, 4) is 10.8 Å². The summed E-state index contributed by atoms with van der Waals surface area (Å²) in [6, 6.07) is 4.02. The van der Waals surface area contributed by atoms with Crippen LogP contribution in [0.5, 0.6) is 0 Å². The van der Waals surface area contributed by atoms with E-state index in [2.05, 4.69) is 26.7 Å². The second kappa shape index (κ2) is 5.89. The van der Waals surface area contributed by atoms with Gasteiger partial charge in [0.2, 0.25) is 5.89 Å². The third-order valence-electron chi connectivity index (χ3n) is 3.64. The zero-order valence-corrected chi connectivity index (χ0v) is 13.9. The van der Waals surface area contributed by atoms with Crippen LogP contribution in [0.2, 0.25) is 0 Å². The van der Waals surface area contributed by atoms with Gasteiger partial charge in [-0.25, -0.2) is 4.98 Å². The molecule has 0 unspecified atom stereocenters. The molecule has 5 nitrogen and oxygen atoms in total. The normalized spacial score (nSPS) is 14.6. The van der Waals surface area contributed by atoms with E-state index in [0.717, 1.165) is 33.8 Å². The second-order valence-electron chi connectivity index (χ2n) is 5.27. The zero-order valence-electron chi connectivity index (χ0n) is 12.2. The average Bonchev–Trinajstić information content (AvgIpc) is 3.00. The minimum atomic E-state index is 0.624. The Bertz CT molecular complexity index is 758. The minimum absolute atomic E-state index is 0.624. The van der Waals surface area contributed by atoms with Gasteiger partial charge in [0.15, 0.2) is 5.16 Å². The maximum absolute atomic E-state index is 5.55. The van der Waals surface area contributed by atoms with E-state index in [1.807, 2.05) is 17.5 Å². The third-order valence-corrected chi connectivity index (χ3v) is 5.50. The summed E-state index contributed by atoms with van der Waals surface area (Å²) < 4.78 is 7.78. The van der Waals surface area contributed by atoms with Crippen LogP contribution in [0, 0.1) is 0 Å². The number of thioether (sulfide) groups is 1. The second-order valence-corrected chi connectivity index (χ2v) is 7.16. The molecule has 1 aliphatic carbocycles. The van der Waals surface area contributed by atoms with Crippen molar-refractivity contribution in [3.63, 3.8) is 0 Å². The van der Waals surface area contributed by atoms with Gasteiger partial charge in [-0.3, -0.25) is 0 Å². The molecule has 3 aromatic rings. The Balaban J connectivity index is 1.46.